The van der Waals surface area contributed by atoms with E-state index in [4.69, 9.17) is 4.74 Å². The van der Waals surface area contributed by atoms with Crippen molar-refractivity contribution in [3.63, 3.8) is 0 Å². The Morgan fingerprint density at radius 2 is 1.97 bits per heavy atom. The van der Waals surface area contributed by atoms with Gasteiger partial charge >= 0.3 is 0 Å². The Morgan fingerprint density at radius 3 is 2.68 bits per heavy atom. The molecule has 1 atom stereocenters. The molecule has 7 heteroatoms. The van der Waals surface area contributed by atoms with Crippen molar-refractivity contribution in [1.82, 2.24) is 14.9 Å². The van der Waals surface area contributed by atoms with E-state index in [1.54, 1.807) is 67.1 Å². The Morgan fingerprint density at radius 1 is 1.10 bits per heavy atom. The van der Waals surface area contributed by atoms with E-state index in [-0.39, 0.29) is 17.9 Å². The van der Waals surface area contributed by atoms with Gasteiger partial charge in [-0.15, -0.1) is 0 Å². The first kappa shape index (κ1) is 20.3. The number of benzene rings is 1. The zero-order chi connectivity index (χ0) is 21.8. The standard InChI is InChI=1S/C24H21N3O4/c1-2-31-18-9-5-8-17(13-18)22(28)20-21(19-10-3-4-12-26-19)27(24(30)23(20)29)15-16-7-6-11-25-14-16/h3-14,21,28H,2,15H2,1H3/b22-20-. The van der Waals surface area contributed by atoms with Crippen LogP contribution in [-0.2, 0) is 16.1 Å². The average molecular weight is 415 g/mol. The highest BCUT2D eigenvalue weighted by Gasteiger charge is 2.46. The van der Waals surface area contributed by atoms with Crippen LogP contribution in [0.2, 0.25) is 0 Å². The lowest BCUT2D eigenvalue weighted by atomic mass is 9.98. The average Bonchev–Trinajstić information content (AvgIpc) is 3.05. The van der Waals surface area contributed by atoms with Gasteiger partial charge in [0.1, 0.15) is 17.6 Å². The van der Waals surface area contributed by atoms with Gasteiger partial charge in [-0.2, -0.15) is 0 Å². The lowest BCUT2D eigenvalue weighted by Crippen LogP contribution is -2.29. The number of hydrogen-bond acceptors (Lipinski definition) is 6. The predicted molar refractivity (Wildman–Crippen MR) is 114 cm³/mol. The van der Waals surface area contributed by atoms with Gasteiger partial charge in [0.05, 0.1) is 17.9 Å². The summed E-state index contributed by atoms with van der Waals surface area (Å²) in [6, 6.07) is 14.8. The van der Waals surface area contributed by atoms with E-state index in [1.807, 2.05) is 13.0 Å². The number of aliphatic hydroxyl groups excluding tert-OH is 1. The first-order valence-electron chi connectivity index (χ1n) is 9.91. The maximum absolute atomic E-state index is 13.0. The van der Waals surface area contributed by atoms with Gasteiger partial charge in [0, 0.05) is 30.7 Å². The Balaban J connectivity index is 1.83. The molecule has 7 nitrogen and oxygen atoms in total. The molecule has 0 bridgehead atoms. The first-order valence-corrected chi connectivity index (χ1v) is 9.91. The normalized spacial score (nSPS) is 17.7. The van der Waals surface area contributed by atoms with Crippen LogP contribution in [0.25, 0.3) is 5.76 Å². The fraction of sp³-hybridized carbons (Fsp3) is 0.167. The molecule has 1 N–H and O–H groups in total. The number of pyridine rings is 2. The summed E-state index contributed by atoms with van der Waals surface area (Å²) in [5.41, 5.74) is 1.66. The molecule has 1 aliphatic rings. The van der Waals surface area contributed by atoms with Gasteiger partial charge in [-0.1, -0.05) is 24.3 Å². The van der Waals surface area contributed by atoms with E-state index in [2.05, 4.69) is 9.97 Å². The Hall–Kier alpha value is -4.00. The molecule has 0 saturated carbocycles. The molecule has 0 aliphatic carbocycles. The summed E-state index contributed by atoms with van der Waals surface area (Å²) in [4.78, 5) is 35.9. The van der Waals surface area contributed by atoms with Crippen LogP contribution in [0.3, 0.4) is 0 Å². The maximum atomic E-state index is 13.0. The number of hydrogen-bond donors (Lipinski definition) is 1. The van der Waals surface area contributed by atoms with Gasteiger partial charge < -0.3 is 14.7 Å². The fourth-order valence-corrected chi connectivity index (χ4v) is 3.63. The molecule has 156 valence electrons. The number of nitrogens with zero attached hydrogens (tertiary/aromatic N) is 3. The zero-order valence-corrected chi connectivity index (χ0v) is 16.9. The quantitative estimate of drug-likeness (QED) is 0.376. The number of aliphatic hydroxyl groups is 1. The zero-order valence-electron chi connectivity index (χ0n) is 16.9. The van der Waals surface area contributed by atoms with Crippen LogP contribution in [0.4, 0.5) is 0 Å². The van der Waals surface area contributed by atoms with Gasteiger partial charge in [0.15, 0.2) is 0 Å². The van der Waals surface area contributed by atoms with Crippen LogP contribution in [-0.4, -0.2) is 38.3 Å². The number of rotatable bonds is 6. The molecule has 1 aliphatic heterocycles. The molecule has 1 amide bonds. The Bertz CT molecular complexity index is 1130. The first-order chi connectivity index (χ1) is 15.1. The number of carbonyl (C=O) groups is 2. The molecule has 31 heavy (non-hydrogen) atoms. The van der Waals surface area contributed by atoms with Crippen molar-refractivity contribution in [2.75, 3.05) is 6.61 Å². The van der Waals surface area contributed by atoms with Gasteiger partial charge in [-0.05, 0) is 42.8 Å². The van der Waals surface area contributed by atoms with Crippen LogP contribution in [0.15, 0.2) is 78.8 Å². The predicted octanol–water partition coefficient (Wildman–Crippen LogP) is 3.50. The van der Waals surface area contributed by atoms with E-state index >= 15 is 0 Å². The molecule has 0 spiro atoms. The second-order valence-electron chi connectivity index (χ2n) is 7.00. The number of ether oxygens (including phenoxy) is 1. The van der Waals surface area contributed by atoms with Gasteiger partial charge in [0.25, 0.3) is 11.7 Å². The van der Waals surface area contributed by atoms with Crippen molar-refractivity contribution >= 4 is 17.4 Å². The Kier molecular flexibility index (Phi) is 5.75. The van der Waals surface area contributed by atoms with E-state index in [9.17, 15) is 14.7 Å². The third-order valence-corrected chi connectivity index (χ3v) is 5.00. The molecule has 3 heterocycles. The van der Waals surface area contributed by atoms with Crippen LogP contribution >= 0.6 is 0 Å². The summed E-state index contributed by atoms with van der Waals surface area (Å²) < 4.78 is 5.50. The van der Waals surface area contributed by atoms with Crippen molar-refractivity contribution in [1.29, 1.82) is 0 Å². The van der Waals surface area contributed by atoms with Crippen LogP contribution in [0, 0.1) is 0 Å². The molecule has 3 aromatic rings. The van der Waals surface area contributed by atoms with Crippen molar-refractivity contribution in [3.8, 4) is 5.75 Å². The summed E-state index contributed by atoms with van der Waals surface area (Å²) in [6.45, 7) is 2.49. The van der Waals surface area contributed by atoms with Gasteiger partial charge in [-0.3, -0.25) is 19.6 Å². The second-order valence-corrected chi connectivity index (χ2v) is 7.00. The molecular weight excluding hydrogens is 394 g/mol. The highest BCUT2D eigenvalue weighted by atomic mass is 16.5. The fourth-order valence-electron chi connectivity index (χ4n) is 3.63. The molecular formula is C24H21N3O4. The van der Waals surface area contributed by atoms with Gasteiger partial charge in [-0.25, -0.2) is 0 Å². The largest absolute Gasteiger partial charge is 0.507 e. The van der Waals surface area contributed by atoms with Gasteiger partial charge in [0.2, 0.25) is 0 Å². The summed E-state index contributed by atoms with van der Waals surface area (Å²) in [5.74, 6) is -1.14. The molecule has 1 saturated heterocycles. The smallest absolute Gasteiger partial charge is 0.296 e. The number of likely N-dealkylation sites (tertiary alicyclic amines) is 1. The van der Waals surface area contributed by atoms with E-state index in [1.165, 1.54) is 4.90 Å². The topological polar surface area (TPSA) is 92.6 Å². The molecule has 2 aromatic heterocycles. The summed E-state index contributed by atoms with van der Waals surface area (Å²) in [6.07, 6.45) is 4.87. The van der Waals surface area contributed by atoms with Crippen molar-refractivity contribution < 1.29 is 19.4 Å². The van der Waals surface area contributed by atoms with Crippen molar-refractivity contribution in [2.45, 2.75) is 19.5 Å². The lowest BCUT2D eigenvalue weighted by molar-refractivity contribution is -0.140. The van der Waals surface area contributed by atoms with Crippen LogP contribution in [0.5, 0.6) is 5.75 Å². The number of Topliss-reactive ketones (excluding diaryl/α,β-unsaturated/α-hetero) is 1. The number of aromatic nitrogens is 2. The minimum atomic E-state index is -0.822. The second kappa shape index (κ2) is 8.79. The van der Waals surface area contributed by atoms with Crippen LogP contribution in [0.1, 0.15) is 29.8 Å². The lowest BCUT2D eigenvalue weighted by Gasteiger charge is -2.24. The molecule has 1 aromatic carbocycles. The van der Waals surface area contributed by atoms with E-state index < -0.39 is 17.7 Å². The minimum absolute atomic E-state index is 0.00115. The third-order valence-electron chi connectivity index (χ3n) is 5.00. The molecule has 0 radical (unpaired) electrons. The van der Waals surface area contributed by atoms with Crippen molar-refractivity contribution in [3.05, 3.63) is 95.6 Å². The molecule has 4 rings (SSSR count). The number of amides is 1. The maximum Gasteiger partial charge on any atom is 0.296 e. The summed E-state index contributed by atoms with van der Waals surface area (Å²) in [5, 5.41) is 11.1. The Labute approximate surface area is 179 Å². The number of carbonyl (C=O) groups excluding carboxylic acids is 2. The van der Waals surface area contributed by atoms with E-state index in [0.29, 0.717) is 23.6 Å². The van der Waals surface area contributed by atoms with Crippen LogP contribution < -0.4 is 4.74 Å². The SMILES string of the molecule is CCOc1cccc(/C(O)=C2/C(=O)C(=O)N(Cc3cccnc3)C2c2ccccn2)c1. The molecule has 1 unspecified atom stereocenters. The number of ketones is 1. The highest BCUT2D eigenvalue weighted by molar-refractivity contribution is 6.46. The highest BCUT2D eigenvalue weighted by Crippen LogP contribution is 2.39. The summed E-state index contributed by atoms with van der Waals surface area (Å²) >= 11 is 0. The third kappa shape index (κ3) is 4.02. The minimum Gasteiger partial charge on any atom is -0.507 e. The van der Waals surface area contributed by atoms with Crippen molar-refractivity contribution in [2.24, 2.45) is 0 Å². The monoisotopic (exact) mass is 415 g/mol. The van der Waals surface area contributed by atoms with E-state index in [0.717, 1.165) is 5.56 Å². The summed E-state index contributed by atoms with van der Waals surface area (Å²) in [7, 11) is 0. The molecule has 1 fully saturated rings.